The molecule has 0 fully saturated rings. The zero-order chi connectivity index (χ0) is 22.6. The van der Waals surface area contributed by atoms with Crippen molar-refractivity contribution in [1.82, 2.24) is 0 Å². The van der Waals surface area contributed by atoms with Crippen LogP contribution in [0.3, 0.4) is 0 Å². The SMILES string of the molecule is COCCCN(c1ccccc1Br)c1ccccc1-c1cc(C)cc(C(C)(C)C)c1O. The lowest BCUT2D eigenvalue weighted by atomic mass is 9.83. The normalized spacial score (nSPS) is 11.5. The molecule has 0 aliphatic carbocycles. The predicted octanol–water partition coefficient (Wildman–Crippen LogP) is 7.60. The minimum Gasteiger partial charge on any atom is -0.507 e. The Bertz CT molecular complexity index is 1040. The first kappa shape index (κ1) is 23.4. The number of para-hydroxylation sites is 2. The molecular weight excluding hydrogens is 450 g/mol. The van der Waals surface area contributed by atoms with Crippen molar-refractivity contribution < 1.29 is 9.84 Å². The second kappa shape index (κ2) is 9.88. The third-order valence-electron chi connectivity index (χ3n) is 5.42. The Hall–Kier alpha value is -2.30. The molecule has 164 valence electrons. The Morgan fingerprint density at radius 1 is 0.935 bits per heavy atom. The van der Waals surface area contributed by atoms with Crippen LogP contribution in [0.4, 0.5) is 11.4 Å². The fourth-order valence-corrected chi connectivity index (χ4v) is 4.40. The van der Waals surface area contributed by atoms with Crippen LogP contribution < -0.4 is 4.90 Å². The van der Waals surface area contributed by atoms with Crippen LogP contribution in [-0.2, 0) is 10.2 Å². The van der Waals surface area contributed by atoms with Crippen LogP contribution in [0, 0.1) is 6.92 Å². The zero-order valence-corrected chi connectivity index (χ0v) is 20.7. The van der Waals surface area contributed by atoms with Crippen molar-refractivity contribution in [2.45, 2.75) is 39.5 Å². The number of phenolic OH excluding ortho intramolecular Hbond substituents is 1. The lowest BCUT2D eigenvalue weighted by molar-refractivity contribution is 0.197. The molecule has 0 atom stereocenters. The second-order valence-electron chi connectivity index (χ2n) is 8.93. The molecule has 0 aromatic heterocycles. The Morgan fingerprint density at radius 3 is 2.23 bits per heavy atom. The number of ether oxygens (including phenoxy) is 1. The van der Waals surface area contributed by atoms with Gasteiger partial charge in [-0.15, -0.1) is 0 Å². The molecule has 0 aliphatic rings. The lowest BCUT2D eigenvalue weighted by Gasteiger charge is -2.29. The largest absolute Gasteiger partial charge is 0.507 e. The van der Waals surface area contributed by atoms with Crippen molar-refractivity contribution in [3.63, 3.8) is 0 Å². The smallest absolute Gasteiger partial charge is 0.127 e. The Kier molecular flexibility index (Phi) is 7.45. The Morgan fingerprint density at radius 2 is 1.58 bits per heavy atom. The summed E-state index contributed by atoms with van der Waals surface area (Å²) in [6.45, 7) is 9.98. The standard InChI is InChI=1S/C27H32BrNO2/c1-19-17-21(26(30)22(18-19)27(2,3)4)20-11-6-8-13-24(20)29(15-10-16-31-5)25-14-9-7-12-23(25)28/h6-9,11-14,17-18,30H,10,15-16H2,1-5H3. The molecule has 1 N–H and O–H groups in total. The van der Waals surface area contributed by atoms with Crippen molar-refractivity contribution in [2.24, 2.45) is 0 Å². The van der Waals surface area contributed by atoms with Gasteiger partial charge in [0.15, 0.2) is 0 Å². The summed E-state index contributed by atoms with van der Waals surface area (Å²) in [5, 5.41) is 11.3. The van der Waals surface area contributed by atoms with E-state index in [0.29, 0.717) is 12.4 Å². The first-order valence-electron chi connectivity index (χ1n) is 10.7. The number of phenols is 1. The van der Waals surface area contributed by atoms with Crippen LogP contribution in [0.1, 0.15) is 38.3 Å². The third-order valence-corrected chi connectivity index (χ3v) is 6.09. The number of hydrogen-bond acceptors (Lipinski definition) is 3. The average molecular weight is 482 g/mol. The highest BCUT2D eigenvalue weighted by Crippen LogP contribution is 2.44. The number of anilines is 2. The van der Waals surface area contributed by atoms with Gasteiger partial charge in [0, 0.05) is 47.1 Å². The highest BCUT2D eigenvalue weighted by molar-refractivity contribution is 9.10. The summed E-state index contributed by atoms with van der Waals surface area (Å²) in [4.78, 5) is 2.30. The summed E-state index contributed by atoms with van der Waals surface area (Å²) in [7, 11) is 1.73. The highest BCUT2D eigenvalue weighted by Gasteiger charge is 2.24. The van der Waals surface area contributed by atoms with Gasteiger partial charge in [-0.2, -0.15) is 0 Å². The monoisotopic (exact) mass is 481 g/mol. The van der Waals surface area contributed by atoms with Crippen LogP contribution >= 0.6 is 15.9 Å². The zero-order valence-electron chi connectivity index (χ0n) is 19.1. The van der Waals surface area contributed by atoms with Crippen LogP contribution in [0.5, 0.6) is 5.75 Å². The predicted molar refractivity (Wildman–Crippen MR) is 135 cm³/mol. The summed E-state index contributed by atoms with van der Waals surface area (Å²) in [6.07, 6.45) is 0.888. The second-order valence-corrected chi connectivity index (χ2v) is 9.78. The molecule has 0 unspecified atom stereocenters. The molecule has 0 amide bonds. The van der Waals surface area contributed by atoms with Crippen molar-refractivity contribution >= 4 is 27.3 Å². The third kappa shape index (κ3) is 5.31. The maximum Gasteiger partial charge on any atom is 0.127 e. The summed E-state index contributed by atoms with van der Waals surface area (Å²) in [5.74, 6) is 0.356. The molecule has 0 spiro atoms. The molecule has 0 heterocycles. The van der Waals surface area contributed by atoms with E-state index < -0.39 is 0 Å². The molecule has 0 saturated heterocycles. The van der Waals surface area contributed by atoms with Crippen molar-refractivity contribution in [3.8, 4) is 16.9 Å². The van der Waals surface area contributed by atoms with Crippen molar-refractivity contribution in [2.75, 3.05) is 25.2 Å². The van der Waals surface area contributed by atoms with Crippen LogP contribution in [0.25, 0.3) is 11.1 Å². The Balaban J connectivity index is 2.20. The molecule has 3 rings (SSSR count). The van der Waals surface area contributed by atoms with E-state index in [1.165, 1.54) is 0 Å². The van der Waals surface area contributed by atoms with Gasteiger partial charge >= 0.3 is 0 Å². The van der Waals surface area contributed by atoms with Crippen LogP contribution in [0.2, 0.25) is 0 Å². The number of halogens is 1. The van der Waals surface area contributed by atoms with Gasteiger partial charge in [0.2, 0.25) is 0 Å². The first-order valence-corrected chi connectivity index (χ1v) is 11.5. The van der Waals surface area contributed by atoms with Gasteiger partial charge in [-0.3, -0.25) is 0 Å². The van der Waals surface area contributed by atoms with E-state index in [1.54, 1.807) is 7.11 Å². The fourth-order valence-electron chi connectivity index (χ4n) is 3.90. The Labute approximate surface area is 194 Å². The quantitative estimate of drug-likeness (QED) is 0.352. The van der Waals surface area contributed by atoms with Crippen molar-refractivity contribution in [1.29, 1.82) is 0 Å². The summed E-state index contributed by atoms with van der Waals surface area (Å²) < 4.78 is 6.35. The maximum atomic E-state index is 11.3. The van der Waals surface area contributed by atoms with Gasteiger partial charge in [-0.25, -0.2) is 0 Å². The van der Waals surface area contributed by atoms with Crippen LogP contribution in [0.15, 0.2) is 65.1 Å². The van der Waals surface area contributed by atoms with E-state index >= 15 is 0 Å². The van der Waals surface area contributed by atoms with E-state index in [9.17, 15) is 5.11 Å². The molecule has 0 radical (unpaired) electrons. The fraction of sp³-hybridized carbons (Fsp3) is 0.333. The number of aromatic hydroxyl groups is 1. The lowest BCUT2D eigenvalue weighted by Crippen LogP contribution is -2.21. The minimum atomic E-state index is -0.152. The van der Waals surface area contributed by atoms with Gasteiger partial charge < -0.3 is 14.7 Å². The van der Waals surface area contributed by atoms with Gasteiger partial charge in [0.25, 0.3) is 0 Å². The number of methoxy groups -OCH3 is 1. The van der Waals surface area contributed by atoms with E-state index in [-0.39, 0.29) is 5.41 Å². The topological polar surface area (TPSA) is 32.7 Å². The van der Waals surface area contributed by atoms with E-state index in [4.69, 9.17) is 4.74 Å². The van der Waals surface area contributed by atoms with E-state index in [2.05, 4.69) is 91.0 Å². The first-order chi connectivity index (χ1) is 14.7. The number of nitrogens with zero attached hydrogens (tertiary/aromatic N) is 1. The van der Waals surface area contributed by atoms with Gasteiger partial charge in [0.05, 0.1) is 5.69 Å². The summed E-state index contributed by atoms with van der Waals surface area (Å²) in [6, 6.07) is 20.7. The van der Waals surface area contributed by atoms with Gasteiger partial charge in [0.1, 0.15) is 5.75 Å². The number of hydrogen-bond donors (Lipinski definition) is 1. The number of benzene rings is 3. The molecule has 0 aliphatic heterocycles. The van der Waals surface area contributed by atoms with E-state index in [0.717, 1.165) is 51.1 Å². The molecule has 0 bridgehead atoms. The van der Waals surface area contributed by atoms with E-state index in [1.807, 2.05) is 18.2 Å². The molecule has 4 heteroatoms. The highest BCUT2D eigenvalue weighted by atomic mass is 79.9. The number of aryl methyl sites for hydroxylation is 1. The molecule has 0 saturated carbocycles. The molecule has 3 nitrogen and oxygen atoms in total. The number of rotatable bonds is 7. The average Bonchev–Trinajstić information content (AvgIpc) is 2.73. The van der Waals surface area contributed by atoms with Gasteiger partial charge in [-0.05, 0) is 64.5 Å². The molecular formula is C27H32BrNO2. The minimum absolute atomic E-state index is 0.152. The molecule has 3 aromatic carbocycles. The van der Waals surface area contributed by atoms with Crippen molar-refractivity contribution in [3.05, 3.63) is 76.3 Å². The van der Waals surface area contributed by atoms with Crippen LogP contribution in [-0.4, -0.2) is 25.4 Å². The summed E-state index contributed by atoms with van der Waals surface area (Å²) >= 11 is 3.73. The molecule has 31 heavy (non-hydrogen) atoms. The maximum absolute atomic E-state index is 11.3. The summed E-state index contributed by atoms with van der Waals surface area (Å²) in [5.41, 5.74) is 5.98. The molecule has 3 aromatic rings. The van der Waals surface area contributed by atoms with Gasteiger partial charge in [-0.1, -0.05) is 57.2 Å².